The van der Waals surface area contributed by atoms with Crippen molar-refractivity contribution in [3.8, 4) is 0 Å². The molecule has 1 aliphatic rings. The largest absolute Gasteiger partial charge is 0.324 e. The first-order valence-electron chi connectivity index (χ1n) is 6.32. The summed E-state index contributed by atoms with van der Waals surface area (Å²) >= 11 is 5.91. The second-order valence-electron chi connectivity index (χ2n) is 5.02. The van der Waals surface area contributed by atoms with Crippen LogP contribution in [0.2, 0.25) is 5.02 Å². The smallest absolute Gasteiger partial charge is 0.0406 e. The summed E-state index contributed by atoms with van der Waals surface area (Å²) in [6, 6.07) is 16.8. The highest BCUT2D eigenvalue weighted by Gasteiger charge is 2.29. The van der Waals surface area contributed by atoms with Gasteiger partial charge in [0, 0.05) is 11.1 Å². The second-order valence-corrected chi connectivity index (χ2v) is 5.46. The van der Waals surface area contributed by atoms with Crippen LogP contribution in [0.3, 0.4) is 0 Å². The van der Waals surface area contributed by atoms with Crippen molar-refractivity contribution in [2.24, 2.45) is 11.7 Å². The normalized spacial score (nSPS) is 21.9. The fourth-order valence-corrected chi connectivity index (χ4v) is 2.96. The summed E-state index contributed by atoms with van der Waals surface area (Å²) in [6.45, 7) is 0. The van der Waals surface area contributed by atoms with E-state index < -0.39 is 0 Å². The second kappa shape index (κ2) is 4.75. The van der Waals surface area contributed by atoms with Crippen molar-refractivity contribution >= 4 is 11.6 Å². The van der Waals surface area contributed by atoms with Crippen LogP contribution in [0.5, 0.6) is 0 Å². The summed E-state index contributed by atoms with van der Waals surface area (Å²) in [4.78, 5) is 0. The summed E-state index contributed by atoms with van der Waals surface area (Å²) in [5.74, 6) is 0.503. The van der Waals surface area contributed by atoms with Crippen molar-refractivity contribution in [1.29, 1.82) is 0 Å². The average Bonchev–Trinajstić information content (AvgIpc) is 2.70. The van der Waals surface area contributed by atoms with E-state index in [2.05, 4.69) is 36.4 Å². The lowest BCUT2D eigenvalue weighted by Crippen LogP contribution is -2.18. The van der Waals surface area contributed by atoms with Gasteiger partial charge in [0.1, 0.15) is 0 Å². The van der Waals surface area contributed by atoms with Gasteiger partial charge in [-0.3, -0.25) is 0 Å². The maximum Gasteiger partial charge on any atom is 0.0406 e. The SMILES string of the molecule is NC1c2ccccc2CC1Cc1ccc(Cl)cc1. The van der Waals surface area contributed by atoms with Gasteiger partial charge in [0.05, 0.1) is 0 Å². The van der Waals surface area contributed by atoms with E-state index in [9.17, 15) is 0 Å². The van der Waals surface area contributed by atoms with Crippen molar-refractivity contribution in [3.63, 3.8) is 0 Å². The van der Waals surface area contributed by atoms with Crippen LogP contribution < -0.4 is 5.73 Å². The molecule has 2 aromatic rings. The molecule has 0 saturated heterocycles. The van der Waals surface area contributed by atoms with Gasteiger partial charge in [-0.05, 0) is 47.6 Å². The highest BCUT2D eigenvalue weighted by molar-refractivity contribution is 6.30. The molecule has 2 unspecified atom stereocenters. The predicted molar refractivity (Wildman–Crippen MR) is 75.7 cm³/mol. The molecule has 18 heavy (non-hydrogen) atoms. The molecule has 2 N–H and O–H groups in total. The number of nitrogens with two attached hydrogens (primary N) is 1. The quantitative estimate of drug-likeness (QED) is 0.871. The van der Waals surface area contributed by atoms with E-state index >= 15 is 0 Å². The molecular formula is C16H16ClN. The zero-order chi connectivity index (χ0) is 12.5. The van der Waals surface area contributed by atoms with Crippen LogP contribution in [0.4, 0.5) is 0 Å². The van der Waals surface area contributed by atoms with Gasteiger partial charge in [-0.15, -0.1) is 0 Å². The predicted octanol–water partition coefficient (Wildman–Crippen LogP) is 3.75. The van der Waals surface area contributed by atoms with Crippen LogP contribution in [0.15, 0.2) is 48.5 Å². The molecule has 0 spiro atoms. The van der Waals surface area contributed by atoms with Crippen LogP contribution in [0, 0.1) is 5.92 Å². The van der Waals surface area contributed by atoms with Crippen molar-refractivity contribution in [2.75, 3.05) is 0 Å². The summed E-state index contributed by atoms with van der Waals surface area (Å²) in [7, 11) is 0. The molecule has 92 valence electrons. The highest BCUT2D eigenvalue weighted by atomic mass is 35.5. The Balaban J connectivity index is 1.78. The number of rotatable bonds is 2. The Morgan fingerprint density at radius 3 is 2.50 bits per heavy atom. The average molecular weight is 258 g/mol. The van der Waals surface area contributed by atoms with Gasteiger partial charge < -0.3 is 5.73 Å². The number of halogens is 1. The number of benzene rings is 2. The maximum atomic E-state index is 6.34. The fourth-order valence-electron chi connectivity index (χ4n) is 2.83. The standard InChI is InChI=1S/C16H16ClN/c17-14-7-5-11(6-8-14)9-13-10-12-3-1-2-4-15(12)16(13)18/h1-8,13,16H,9-10,18H2. The Bertz CT molecular complexity index is 547. The Kier molecular flexibility index (Phi) is 3.11. The van der Waals surface area contributed by atoms with Crippen molar-refractivity contribution in [2.45, 2.75) is 18.9 Å². The van der Waals surface area contributed by atoms with E-state index in [0.29, 0.717) is 5.92 Å². The van der Waals surface area contributed by atoms with Crippen molar-refractivity contribution in [1.82, 2.24) is 0 Å². The van der Waals surface area contributed by atoms with Crippen molar-refractivity contribution in [3.05, 3.63) is 70.2 Å². The third-order valence-electron chi connectivity index (χ3n) is 3.82. The molecule has 0 saturated carbocycles. The number of hydrogen-bond donors (Lipinski definition) is 1. The zero-order valence-electron chi connectivity index (χ0n) is 10.1. The maximum absolute atomic E-state index is 6.34. The molecule has 2 aromatic carbocycles. The molecule has 1 nitrogen and oxygen atoms in total. The third kappa shape index (κ3) is 2.16. The first kappa shape index (κ1) is 11.8. The lowest BCUT2D eigenvalue weighted by molar-refractivity contribution is 0.465. The van der Waals surface area contributed by atoms with E-state index in [0.717, 1.165) is 17.9 Å². The van der Waals surface area contributed by atoms with Gasteiger partial charge in [-0.1, -0.05) is 48.0 Å². The Labute approximate surface area is 113 Å². The lowest BCUT2D eigenvalue weighted by Gasteiger charge is -2.16. The third-order valence-corrected chi connectivity index (χ3v) is 4.07. The molecule has 0 aromatic heterocycles. The molecule has 0 amide bonds. The molecule has 2 heteroatoms. The van der Waals surface area contributed by atoms with E-state index in [1.54, 1.807) is 0 Å². The van der Waals surface area contributed by atoms with E-state index in [1.165, 1.54) is 16.7 Å². The fraction of sp³-hybridized carbons (Fsp3) is 0.250. The lowest BCUT2D eigenvalue weighted by atomic mass is 9.93. The monoisotopic (exact) mass is 257 g/mol. The van der Waals surface area contributed by atoms with Gasteiger partial charge >= 0.3 is 0 Å². The van der Waals surface area contributed by atoms with Crippen LogP contribution in [0.25, 0.3) is 0 Å². The molecule has 3 rings (SSSR count). The first-order chi connectivity index (χ1) is 8.74. The highest BCUT2D eigenvalue weighted by Crippen LogP contribution is 2.36. The van der Waals surface area contributed by atoms with Gasteiger partial charge in [-0.2, -0.15) is 0 Å². The summed E-state index contributed by atoms with van der Waals surface area (Å²) in [5.41, 5.74) is 10.4. The van der Waals surface area contributed by atoms with Gasteiger partial charge in [0.15, 0.2) is 0 Å². The minimum Gasteiger partial charge on any atom is -0.324 e. The van der Waals surface area contributed by atoms with E-state index in [1.807, 2.05) is 12.1 Å². The summed E-state index contributed by atoms with van der Waals surface area (Å²) < 4.78 is 0. The topological polar surface area (TPSA) is 26.0 Å². The summed E-state index contributed by atoms with van der Waals surface area (Å²) in [6.07, 6.45) is 2.10. The molecule has 0 bridgehead atoms. The van der Waals surface area contributed by atoms with Gasteiger partial charge in [0.25, 0.3) is 0 Å². The van der Waals surface area contributed by atoms with Crippen LogP contribution in [0.1, 0.15) is 22.7 Å². The molecule has 0 fully saturated rings. The van der Waals surface area contributed by atoms with Crippen LogP contribution >= 0.6 is 11.6 Å². The number of fused-ring (bicyclic) bond motifs is 1. The zero-order valence-corrected chi connectivity index (χ0v) is 10.9. The summed E-state index contributed by atoms with van der Waals surface area (Å²) in [5, 5.41) is 0.790. The molecule has 0 radical (unpaired) electrons. The van der Waals surface area contributed by atoms with E-state index in [-0.39, 0.29) is 6.04 Å². The minimum atomic E-state index is 0.164. The molecular weight excluding hydrogens is 242 g/mol. The molecule has 0 aliphatic heterocycles. The first-order valence-corrected chi connectivity index (χ1v) is 6.69. The molecule has 2 atom stereocenters. The minimum absolute atomic E-state index is 0.164. The molecule has 0 heterocycles. The van der Waals surface area contributed by atoms with Crippen molar-refractivity contribution < 1.29 is 0 Å². The van der Waals surface area contributed by atoms with Gasteiger partial charge in [0.2, 0.25) is 0 Å². The number of hydrogen-bond acceptors (Lipinski definition) is 1. The molecule has 1 aliphatic carbocycles. The van der Waals surface area contributed by atoms with Crippen LogP contribution in [-0.2, 0) is 12.8 Å². The Hall–Kier alpha value is -1.31. The van der Waals surface area contributed by atoms with Crippen LogP contribution in [-0.4, -0.2) is 0 Å². The Morgan fingerprint density at radius 1 is 1.06 bits per heavy atom. The Morgan fingerprint density at radius 2 is 1.78 bits per heavy atom. The van der Waals surface area contributed by atoms with E-state index in [4.69, 9.17) is 17.3 Å². The van der Waals surface area contributed by atoms with Gasteiger partial charge in [-0.25, -0.2) is 0 Å².